The van der Waals surface area contributed by atoms with Crippen LogP contribution in [0.3, 0.4) is 0 Å². The van der Waals surface area contributed by atoms with E-state index in [0.717, 1.165) is 19.6 Å². The third kappa shape index (κ3) is 3.66. The molecule has 0 aromatic carbocycles. The molecule has 0 bridgehead atoms. The van der Waals surface area contributed by atoms with E-state index in [4.69, 9.17) is 5.11 Å². The Labute approximate surface area is 102 Å². The van der Waals surface area contributed by atoms with Gasteiger partial charge in [-0.25, -0.2) is 0 Å². The Kier molecular flexibility index (Phi) is 4.36. The van der Waals surface area contributed by atoms with Crippen molar-refractivity contribution in [3.05, 3.63) is 0 Å². The number of piperazine rings is 1. The average Bonchev–Trinajstić information content (AvgIpc) is 2.27. The molecular weight excluding hydrogens is 220 g/mol. The van der Waals surface area contributed by atoms with Crippen LogP contribution >= 0.6 is 0 Å². The summed E-state index contributed by atoms with van der Waals surface area (Å²) in [6, 6.07) is 0.620. The molecule has 0 amide bonds. The molecule has 2 saturated heterocycles. The Hall–Kier alpha value is -0.650. The fourth-order valence-electron chi connectivity index (χ4n) is 2.95. The SMILES string of the molecule is O=C(O)CC(O)CN1CCN2CCCCC2C1. The number of rotatable bonds is 4. The highest BCUT2D eigenvalue weighted by Crippen LogP contribution is 2.21. The first-order valence-electron chi connectivity index (χ1n) is 6.51. The molecule has 0 aliphatic carbocycles. The number of fused-ring (bicyclic) bond motifs is 1. The van der Waals surface area contributed by atoms with Crippen LogP contribution in [0.2, 0.25) is 0 Å². The maximum Gasteiger partial charge on any atom is 0.306 e. The Bertz CT molecular complexity index is 272. The minimum Gasteiger partial charge on any atom is -0.481 e. The van der Waals surface area contributed by atoms with E-state index in [1.807, 2.05) is 0 Å². The van der Waals surface area contributed by atoms with Crippen LogP contribution in [0.25, 0.3) is 0 Å². The summed E-state index contributed by atoms with van der Waals surface area (Å²) in [7, 11) is 0. The summed E-state index contributed by atoms with van der Waals surface area (Å²) in [4.78, 5) is 15.2. The summed E-state index contributed by atoms with van der Waals surface area (Å²) in [5.74, 6) is -0.922. The van der Waals surface area contributed by atoms with E-state index >= 15 is 0 Å². The molecule has 17 heavy (non-hydrogen) atoms. The van der Waals surface area contributed by atoms with Crippen molar-refractivity contribution >= 4 is 5.97 Å². The molecule has 2 aliphatic heterocycles. The van der Waals surface area contributed by atoms with Gasteiger partial charge in [-0.1, -0.05) is 6.42 Å². The van der Waals surface area contributed by atoms with Crippen LogP contribution in [0.1, 0.15) is 25.7 Å². The number of aliphatic hydroxyl groups is 1. The normalized spacial score (nSPS) is 28.6. The molecule has 2 rings (SSSR count). The van der Waals surface area contributed by atoms with Crippen LogP contribution in [-0.4, -0.2) is 70.9 Å². The fraction of sp³-hybridized carbons (Fsp3) is 0.917. The summed E-state index contributed by atoms with van der Waals surface area (Å²) < 4.78 is 0. The van der Waals surface area contributed by atoms with Crippen LogP contribution in [0.15, 0.2) is 0 Å². The first-order chi connectivity index (χ1) is 8.15. The lowest BCUT2D eigenvalue weighted by molar-refractivity contribution is -0.139. The molecule has 0 saturated carbocycles. The van der Waals surface area contributed by atoms with Crippen molar-refractivity contribution in [1.29, 1.82) is 0 Å². The molecule has 98 valence electrons. The van der Waals surface area contributed by atoms with E-state index in [0.29, 0.717) is 12.6 Å². The summed E-state index contributed by atoms with van der Waals surface area (Å²) in [6.45, 7) is 4.70. The van der Waals surface area contributed by atoms with E-state index in [2.05, 4.69) is 9.80 Å². The summed E-state index contributed by atoms with van der Waals surface area (Å²) in [6.07, 6.45) is 2.96. The number of carbonyl (C=O) groups is 1. The highest BCUT2D eigenvalue weighted by atomic mass is 16.4. The molecule has 2 unspecified atom stereocenters. The monoisotopic (exact) mass is 242 g/mol. The number of carboxylic acid groups (broad SMARTS) is 1. The summed E-state index contributed by atoms with van der Waals surface area (Å²) in [5.41, 5.74) is 0. The van der Waals surface area contributed by atoms with Crippen molar-refractivity contribution in [2.45, 2.75) is 37.8 Å². The van der Waals surface area contributed by atoms with Crippen LogP contribution in [0, 0.1) is 0 Å². The van der Waals surface area contributed by atoms with Gasteiger partial charge in [0.25, 0.3) is 0 Å². The molecule has 2 N–H and O–H groups in total. The molecule has 2 aliphatic rings. The minimum absolute atomic E-state index is 0.148. The Morgan fingerprint density at radius 2 is 2.12 bits per heavy atom. The molecule has 2 atom stereocenters. The molecular formula is C12H22N2O3. The molecule has 5 nitrogen and oxygen atoms in total. The van der Waals surface area contributed by atoms with Gasteiger partial charge in [0.1, 0.15) is 0 Å². The number of aliphatic carboxylic acids is 1. The maximum absolute atomic E-state index is 10.5. The number of piperidine rings is 1. The minimum atomic E-state index is -0.922. The lowest BCUT2D eigenvalue weighted by Gasteiger charge is -2.44. The Morgan fingerprint density at radius 3 is 2.88 bits per heavy atom. The number of hydrogen-bond acceptors (Lipinski definition) is 4. The molecule has 2 fully saturated rings. The van der Waals surface area contributed by atoms with E-state index in [9.17, 15) is 9.90 Å². The molecule has 0 aromatic heterocycles. The second kappa shape index (κ2) is 5.80. The largest absolute Gasteiger partial charge is 0.481 e. The number of hydrogen-bond donors (Lipinski definition) is 2. The maximum atomic E-state index is 10.5. The zero-order chi connectivity index (χ0) is 12.3. The summed E-state index contributed by atoms with van der Waals surface area (Å²) in [5, 5.41) is 18.2. The van der Waals surface area contributed by atoms with Crippen molar-refractivity contribution in [3.8, 4) is 0 Å². The molecule has 0 radical (unpaired) electrons. The second-order valence-corrected chi connectivity index (χ2v) is 5.20. The van der Waals surface area contributed by atoms with Crippen molar-refractivity contribution < 1.29 is 15.0 Å². The lowest BCUT2D eigenvalue weighted by Crippen LogP contribution is -2.56. The third-order valence-corrected chi connectivity index (χ3v) is 3.80. The van der Waals surface area contributed by atoms with E-state index in [1.165, 1.54) is 25.8 Å². The Balaban J connectivity index is 1.77. The van der Waals surface area contributed by atoms with Crippen LogP contribution < -0.4 is 0 Å². The van der Waals surface area contributed by atoms with Crippen molar-refractivity contribution in [3.63, 3.8) is 0 Å². The van der Waals surface area contributed by atoms with E-state index in [-0.39, 0.29) is 6.42 Å². The molecule has 5 heteroatoms. The quantitative estimate of drug-likeness (QED) is 0.726. The van der Waals surface area contributed by atoms with Crippen LogP contribution in [-0.2, 0) is 4.79 Å². The number of β-amino-alcohol motifs (C(OH)–C–C–N with tert-alkyl or cyclic N) is 1. The van der Waals surface area contributed by atoms with Gasteiger partial charge in [0.2, 0.25) is 0 Å². The van der Waals surface area contributed by atoms with Gasteiger partial charge in [0, 0.05) is 32.2 Å². The predicted molar refractivity (Wildman–Crippen MR) is 63.9 cm³/mol. The van der Waals surface area contributed by atoms with Gasteiger partial charge < -0.3 is 10.2 Å². The van der Waals surface area contributed by atoms with Crippen molar-refractivity contribution in [2.24, 2.45) is 0 Å². The highest BCUT2D eigenvalue weighted by Gasteiger charge is 2.29. The smallest absolute Gasteiger partial charge is 0.306 e. The number of nitrogens with zero attached hydrogens (tertiary/aromatic N) is 2. The molecule has 0 aromatic rings. The van der Waals surface area contributed by atoms with Gasteiger partial charge in [0.15, 0.2) is 0 Å². The standard InChI is InChI=1S/C12H22N2O3/c15-11(7-12(16)17)9-13-5-6-14-4-2-1-3-10(14)8-13/h10-11,15H,1-9H2,(H,16,17). The highest BCUT2D eigenvalue weighted by molar-refractivity contribution is 5.67. The molecule has 0 spiro atoms. The van der Waals surface area contributed by atoms with E-state index < -0.39 is 12.1 Å². The van der Waals surface area contributed by atoms with Gasteiger partial charge in [0.05, 0.1) is 12.5 Å². The average molecular weight is 242 g/mol. The first kappa shape index (κ1) is 12.8. The topological polar surface area (TPSA) is 64.0 Å². The van der Waals surface area contributed by atoms with Gasteiger partial charge in [-0.2, -0.15) is 0 Å². The third-order valence-electron chi connectivity index (χ3n) is 3.80. The number of carboxylic acids is 1. The van der Waals surface area contributed by atoms with Crippen LogP contribution in [0.5, 0.6) is 0 Å². The fourth-order valence-corrected chi connectivity index (χ4v) is 2.95. The first-order valence-corrected chi connectivity index (χ1v) is 6.51. The number of aliphatic hydroxyl groups excluding tert-OH is 1. The van der Waals surface area contributed by atoms with Gasteiger partial charge in [-0.3, -0.25) is 14.6 Å². The van der Waals surface area contributed by atoms with Crippen molar-refractivity contribution in [1.82, 2.24) is 9.80 Å². The van der Waals surface area contributed by atoms with Gasteiger partial charge in [-0.05, 0) is 19.4 Å². The lowest BCUT2D eigenvalue weighted by atomic mass is 9.99. The zero-order valence-electron chi connectivity index (χ0n) is 10.2. The zero-order valence-corrected chi connectivity index (χ0v) is 10.2. The summed E-state index contributed by atoms with van der Waals surface area (Å²) >= 11 is 0. The van der Waals surface area contributed by atoms with Crippen molar-refractivity contribution in [2.75, 3.05) is 32.7 Å². The second-order valence-electron chi connectivity index (χ2n) is 5.20. The van der Waals surface area contributed by atoms with E-state index in [1.54, 1.807) is 0 Å². The Morgan fingerprint density at radius 1 is 1.29 bits per heavy atom. The predicted octanol–water partition coefficient (Wildman–Crippen LogP) is -0.00790. The van der Waals surface area contributed by atoms with Crippen LogP contribution in [0.4, 0.5) is 0 Å². The van der Waals surface area contributed by atoms with Gasteiger partial charge in [-0.15, -0.1) is 0 Å². The molecule has 2 heterocycles. The van der Waals surface area contributed by atoms with Gasteiger partial charge >= 0.3 is 5.97 Å².